The zero-order valence-corrected chi connectivity index (χ0v) is 21.3. The molecule has 0 amide bonds. The third-order valence-electron chi connectivity index (χ3n) is 7.52. The van der Waals surface area contributed by atoms with E-state index in [4.69, 9.17) is 23.7 Å². The number of rotatable bonds is 13. The number of hydrogen-bond acceptors (Lipinski definition) is 5. The van der Waals surface area contributed by atoms with Gasteiger partial charge in [-0.2, -0.15) is 17.6 Å². The van der Waals surface area contributed by atoms with Crippen molar-refractivity contribution in [3.05, 3.63) is 0 Å². The van der Waals surface area contributed by atoms with Gasteiger partial charge in [0.15, 0.2) is 0 Å². The molecule has 206 valence electrons. The van der Waals surface area contributed by atoms with Crippen LogP contribution in [0.2, 0.25) is 0 Å². The minimum Gasteiger partial charge on any atom is -0.376 e. The summed E-state index contributed by atoms with van der Waals surface area (Å²) in [6.07, 6.45) is 0.498. The molecule has 0 bridgehead atoms. The Morgan fingerprint density at radius 3 is 1.91 bits per heavy atom. The van der Waals surface area contributed by atoms with Crippen LogP contribution >= 0.6 is 0 Å². The fourth-order valence-corrected chi connectivity index (χ4v) is 5.42. The summed E-state index contributed by atoms with van der Waals surface area (Å²) >= 11 is 0. The van der Waals surface area contributed by atoms with Gasteiger partial charge in [-0.25, -0.2) is 0 Å². The average Bonchev–Trinajstić information content (AvgIpc) is 2.83. The molecule has 2 unspecified atom stereocenters. The Kier molecular flexibility index (Phi) is 11.5. The summed E-state index contributed by atoms with van der Waals surface area (Å²) in [6.45, 7) is 3.51. The number of unbranched alkanes of at least 4 members (excludes halogenated alkanes) is 3. The average molecular weight is 513 g/mol. The van der Waals surface area contributed by atoms with Crippen molar-refractivity contribution in [3.8, 4) is 0 Å². The molecule has 5 nitrogen and oxygen atoms in total. The lowest BCUT2D eigenvalue weighted by atomic mass is 9.79. The van der Waals surface area contributed by atoms with Crippen LogP contribution in [0.1, 0.15) is 97.3 Å². The molecule has 0 aromatic carbocycles. The van der Waals surface area contributed by atoms with E-state index in [0.29, 0.717) is 31.6 Å². The summed E-state index contributed by atoms with van der Waals surface area (Å²) in [5.74, 6) is -0.352. The second kappa shape index (κ2) is 13.9. The predicted molar refractivity (Wildman–Crippen MR) is 123 cm³/mol. The van der Waals surface area contributed by atoms with Crippen LogP contribution in [-0.2, 0) is 23.7 Å². The molecular weight excluding hydrogens is 468 g/mol. The van der Waals surface area contributed by atoms with Gasteiger partial charge in [0.2, 0.25) is 0 Å². The first kappa shape index (κ1) is 29.1. The molecule has 1 aliphatic carbocycles. The van der Waals surface area contributed by atoms with Crippen molar-refractivity contribution < 1.29 is 41.2 Å². The van der Waals surface area contributed by atoms with Gasteiger partial charge >= 0.3 is 12.2 Å². The van der Waals surface area contributed by atoms with Crippen molar-refractivity contribution in [2.75, 3.05) is 19.8 Å². The number of ether oxygens (including phenoxy) is 5. The maximum absolute atomic E-state index is 14.8. The highest BCUT2D eigenvalue weighted by Gasteiger charge is 2.50. The second-order valence-corrected chi connectivity index (χ2v) is 10.5. The highest BCUT2D eigenvalue weighted by atomic mass is 19.3. The predicted octanol–water partition coefficient (Wildman–Crippen LogP) is 7.07. The number of halogens is 4. The lowest BCUT2D eigenvalue weighted by Gasteiger charge is -2.39. The molecule has 3 aliphatic rings. The minimum absolute atomic E-state index is 0.0797. The van der Waals surface area contributed by atoms with Crippen molar-refractivity contribution in [1.29, 1.82) is 0 Å². The van der Waals surface area contributed by atoms with Crippen LogP contribution in [0.25, 0.3) is 0 Å². The van der Waals surface area contributed by atoms with Crippen LogP contribution in [0.3, 0.4) is 0 Å². The first-order valence-corrected chi connectivity index (χ1v) is 13.7. The van der Waals surface area contributed by atoms with E-state index in [2.05, 4.69) is 6.92 Å². The third-order valence-corrected chi connectivity index (χ3v) is 7.52. The Balaban J connectivity index is 1.36. The molecule has 0 aromatic rings. The maximum atomic E-state index is 14.8. The zero-order chi connectivity index (χ0) is 25.3. The normalized spacial score (nSPS) is 33.1. The van der Waals surface area contributed by atoms with E-state index >= 15 is 0 Å². The highest BCUT2D eigenvalue weighted by Crippen LogP contribution is 2.42. The van der Waals surface area contributed by atoms with Gasteiger partial charge in [0.1, 0.15) is 6.10 Å². The van der Waals surface area contributed by atoms with Gasteiger partial charge in [0, 0.05) is 0 Å². The zero-order valence-electron chi connectivity index (χ0n) is 21.3. The van der Waals surface area contributed by atoms with Gasteiger partial charge in [0.05, 0.1) is 37.9 Å². The Hall–Kier alpha value is -0.480. The quantitative estimate of drug-likeness (QED) is 0.195. The maximum Gasteiger partial charge on any atom is 0.407 e. The summed E-state index contributed by atoms with van der Waals surface area (Å²) < 4.78 is 84.3. The van der Waals surface area contributed by atoms with E-state index in [0.717, 1.165) is 38.5 Å². The van der Waals surface area contributed by atoms with Crippen molar-refractivity contribution in [1.82, 2.24) is 0 Å². The van der Waals surface area contributed by atoms with E-state index in [1.165, 1.54) is 19.3 Å². The Labute approximate surface area is 207 Å². The van der Waals surface area contributed by atoms with Crippen LogP contribution in [0.5, 0.6) is 0 Å². The fraction of sp³-hybridized carbons (Fsp3) is 1.00. The third kappa shape index (κ3) is 9.09. The molecule has 35 heavy (non-hydrogen) atoms. The molecule has 2 aliphatic heterocycles. The standard InChI is InChI=1S/C26H44F4O5/c1-3-5-6-7-9-19-10-12-20(13-11-19)25(27,28)35-23-17-32-24(33-18-23)26(29,30)34-22-15-14-21(8-4-2)31-16-22/h19-24H,3-18H2,1-2H3. The smallest absolute Gasteiger partial charge is 0.376 e. The van der Waals surface area contributed by atoms with Crippen LogP contribution in [0.15, 0.2) is 0 Å². The summed E-state index contributed by atoms with van der Waals surface area (Å²) in [5, 5.41) is 0. The van der Waals surface area contributed by atoms with Gasteiger partial charge in [-0.1, -0.05) is 52.4 Å². The molecule has 9 heteroatoms. The second-order valence-electron chi connectivity index (χ2n) is 10.5. The van der Waals surface area contributed by atoms with E-state index in [-0.39, 0.29) is 12.7 Å². The van der Waals surface area contributed by atoms with Gasteiger partial charge in [0.25, 0.3) is 6.29 Å². The lowest BCUT2D eigenvalue weighted by Crippen LogP contribution is -2.51. The molecule has 3 fully saturated rings. The summed E-state index contributed by atoms with van der Waals surface area (Å²) in [7, 11) is 0. The van der Waals surface area contributed by atoms with Crippen LogP contribution in [-0.4, -0.2) is 56.6 Å². The Bertz CT molecular complexity index is 584. The number of hydrogen-bond donors (Lipinski definition) is 0. The molecule has 0 radical (unpaired) electrons. The molecule has 2 saturated heterocycles. The minimum atomic E-state index is -3.70. The first-order valence-electron chi connectivity index (χ1n) is 13.7. The van der Waals surface area contributed by atoms with Crippen molar-refractivity contribution in [3.63, 3.8) is 0 Å². The summed E-state index contributed by atoms with van der Waals surface area (Å²) in [4.78, 5) is 0. The van der Waals surface area contributed by atoms with Crippen molar-refractivity contribution >= 4 is 0 Å². The highest BCUT2D eigenvalue weighted by molar-refractivity contribution is 4.80. The van der Waals surface area contributed by atoms with Crippen molar-refractivity contribution in [2.24, 2.45) is 11.8 Å². The SMILES string of the molecule is CCCCCCC1CCC(C(F)(F)OC2COC(C(F)(F)OC3CCC(CCC)OC3)OC2)CC1. The summed E-state index contributed by atoms with van der Waals surface area (Å²) in [6, 6.07) is 0. The Morgan fingerprint density at radius 1 is 0.657 bits per heavy atom. The fourth-order valence-electron chi connectivity index (χ4n) is 5.42. The van der Waals surface area contributed by atoms with Gasteiger partial charge in [-0.05, 0) is 50.9 Å². The first-order chi connectivity index (χ1) is 16.7. The van der Waals surface area contributed by atoms with E-state index in [9.17, 15) is 17.6 Å². The van der Waals surface area contributed by atoms with Crippen LogP contribution < -0.4 is 0 Å². The molecule has 3 rings (SSSR count). The largest absolute Gasteiger partial charge is 0.407 e. The van der Waals surface area contributed by atoms with Gasteiger partial charge < -0.3 is 23.7 Å². The lowest BCUT2D eigenvalue weighted by molar-refractivity contribution is -0.408. The van der Waals surface area contributed by atoms with Gasteiger partial charge in [-0.3, -0.25) is 0 Å². The molecular formula is C26H44F4O5. The monoisotopic (exact) mass is 512 g/mol. The summed E-state index contributed by atoms with van der Waals surface area (Å²) in [5.41, 5.74) is 0. The Morgan fingerprint density at radius 2 is 1.31 bits per heavy atom. The molecule has 2 atom stereocenters. The van der Waals surface area contributed by atoms with Gasteiger partial charge in [-0.15, -0.1) is 0 Å². The molecule has 1 saturated carbocycles. The van der Waals surface area contributed by atoms with Crippen LogP contribution in [0, 0.1) is 11.8 Å². The molecule has 0 aromatic heterocycles. The van der Waals surface area contributed by atoms with E-state index in [1.54, 1.807) is 0 Å². The van der Waals surface area contributed by atoms with E-state index in [1.807, 2.05) is 6.92 Å². The molecule has 0 N–H and O–H groups in total. The molecule has 0 spiro atoms. The molecule has 2 heterocycles. The van der Waals surface area contributed by atoms with E-state index < -0.39 is 49.8 Å². The number of alkyl halides is 4. The van der Waals surface area contributed by atoms with Crippen molar-refractivity contribution in [2.45, 2.75) is 134 Å². The topological polar surface area (TPSA) is 46.2 Å². The van der Waals surface area contributed by atoms with Crippen LogP contribution in [0.4, 0.5) is 17.6 Å².